The quantitative estimate of drug-likeness (QED) is 0.406. The van der Waals surface area contributed by atoms with E-state index in [0.29, 0.717) is 41.9 Å². The van der Waals surface area contributed by atoms with Gasteiger partial charge in [-0.2, -0.15) is 18.3 Å². The number of hydrogen-bond donors (Lipinski definition) is 1. The van der Waals surface area contributed by atoms with E-state index in [2.05, 4.69) is 31.0 Å². The highest BCUT2D eigenvalue weighted by Gasteiger charge is 2.36. The molecule has 0 saturated heterocycles. The van der Waals surface area contributed by atoms with Crippen molar-refractivity contribution in [1.29, 1.82) is 0 Å². The van der Waals surface area contributed by atoms with E-state index < -0.39 is 35.6 Å². The van der Waals surface area contributed by atoms with E-state index in [-0.39, 0.29) is 18.4 Å². The van der Waals surface area contributed by atoms with Gasteiger partial charge in [-0.15, -0.1) is 0 Å². The van der Waals surface area contributed by atoms with Gasteiger partial charge in [0.25, 0.3) is 5.88 Å². The van der Waals surface area contributed by atoms with Crippen molar-refractivity contribution in [3.63, 3.8) is 0 Å². The van der Waals surface area contributed by atoms with Gasteiger partial charge in [0.2, 0.25) is 0 Å². The molecule has 4 rings (SSSR count). The van der Waals surface area contributed by atoms with E-state index in [0.717, 1.165) is 16.5 Å². The molecule has 3 aromatic heterocycles. The van der Waals surface area contributed by atoms with Crippen LogP contribution in [-0.2, 0) is 6.18 Å². The van der Waals surface area contributed by atoms with Crippen LogP contribution < -0.4 is 9.64 Å². The Morgan fingerprint density at radius 3 is 2.62 bits per heavy atom. The molecule has 1 aliphatic carbocycles. The van der Waals surface area contributed by atoms with Crippen molar-refractivity contribution < 1.29 is 32.2 Å². The molecule has 1 N–H and O–H groups in total. The first-order valence-electron chi connectivity index (χ1n) is 10.5. The molecule has 1 saturated carbocycles. The summed E-state index contributed by atoms with van der Waals surface area (Å²) in [6.45, 7) is 1.93. The minimum atomic E-state index is -4.83. The lowest BCUT2D eigenvalue weighted by Crippen LogP contribution is -2.29. The van der Waals surface area contributed by atoms with E-state index >= 15 is 0 Å². The van der Waals surface area contributed by atoms with Crippen LogP contribution in [0.3, 0.4) is 0 Å². The maximum atomic E-state index is 14.3. The highest BCUT2D eigenvalue weighted by molar-refractivity contribution is 9.10. The third-order valence-electron chi connectivity index (χ3n) is 5.79. The molecular weight excluding hydrogens is 526 g/mol. The second-order valence-electron chi connectivity index (χ2n) is 7.85. The van der Waals surface area contributed by atoms with Gasteiger partial charge in [-0.1, -0.05) is 0 Å². The molecule has 0 radical (unpaired) electrons. The molecule has 0 aliphatic heterocycles. The molecule has 8 nitrogen and oxygen atoms in total. The maximum absolute atomic E-state index is 14.3. The minimum Gasteiger partial charge on any atom is -0.472 e. The average molecular weight is 546 g/mol. The maximum Gasteiger partial charge on any atom is 0.419 e. The largest absolute Gasteiger partial charge is 0.472 e. The van der Waals surface area contributed by atoms with Crippen molar-refractivity contribution in [2.75, 3.05) is 11.4 Å². The molecule has 182 valence electrons. The fraction of sp³-hybridized carbons (Fsp3) is 0.429. The summed E-state index contributed by atoms with van der Waals surface area (Å²) in [6.07, 6.45) is -1.96. The fourth-order valence-electron chi connectivity index (χ4n) is 4.10. The normalized spacial score (nSPS) is 18.8. The Hall–Kier alpha value is -2.96. The van der Waals surface area contributed by atoms with Gasteiger partial charge < -0.3 is 9.84 Å². The van der Waals surface area contributed by atoms with Gasteiger partial charge >= 0.3 is 12.3 Å². The Morgan fingerprint density at radius 2 is 2.00 bits per heavy atom. The van der Waals surface area contributed by atoms with Crippen molar-refractivity contribution in [1.82, 2.24) is 19.7 Å². The predicted octanol–water partition coefficient (Wildman–Crippen LogP) is 5.81. The Balaban J connectivity index is 1.51. The summed E-state index contributed by atoms with van der Waals surface area (Å²) in [5.74, 6) is -1.90. The van der Waals surface area contributed by atoms with Crippen LogP contribution in [0.4, 0.5) is 28.2 Å². The first-order valence-corrected chi connectivity index (χ1v) is 11.3. The second kappa shape index (κ2) is 9.35. The first-order chi connectivity index (χ1) is 16.1. The van der Waals surface area contributed by atoms with Gasteiger partial charge in [-0.3, -0.25) is 9.58 Å². The average Bonchev–Trinajstić information content (AvgIpc) is 3.11. The standard InChI is InChI=1S/C21H20BrF4N5O3/c1-2-30(20(32)33)16-9-15-13(10-28-16)18(22)29-31(15)11-3-5-12(6-4-11)34-19-17(23)14(7-8-27-19)21(24,25)26/h7-12H,2-6H2,1H3,(H,32,33)/t11-,12+. The Kier molecular flexibility index (Phi) is 6.65. The summed E-state index contributed by atoms with van der Waals surface area (Å²) in [5.41, 5.74) is -0.711. The number of carboxylic acid groups (broad SMARTS) is 1. The van der Waals surface area contributed by atoms with Crippen LogP contribution in [0.1, 0.15) is 44.2 Å². The lowest BCUT2D eigenvalue weighted by Gasteiger charge is -2.29. The third-order valence-corrected chi connectivity index (χ3v) is 6.37. The van der Waals surface area contributed by atoms with Crippen LogP contribution in [0, 0.1) is 5.82 Å². The van der Waals surface area contributed by atoms with Crippen LogP contribution >= 0.6 is 15.9 Å². The van der Waals surface area contributed by atoms with Crippen LogP contribution in [-0.4, -0.2) is 43.6 Å². The predicted molar refractivity (Wildman–Crippen MR) is 117 cm³/mol. The molecule has 13 heteroatoms. The second-order valence-corrected chi connectivity index (χ2v) is 8.60. The van der Waals surface area contributed by atoms with Crippen molar-refractivity contribution in [3.8, 4) is 5.88 Å². The number of halogens is 5. The molecule has 1 amide bonds. The Labute approximate surface area is 199 Å². The number of pyridine rings is 2. The van der Waals surface area contributed by atoms with Crippen molar-refractivity contribution in [2.45, 2.75) is 50.9 Å². The number of ether oxygens (including phenoxy) is 1. The molecule has 0 unspecified atom stereocenters. The zero-order valence-electron chi connectivity index (χ0n) is 17.9. The monoisotopic (exact) mass is 545 g/mol. The topological polar surface area (TPSA) is 93.4 Å². The molecule has 0 bridgehead atoms. The van der Waals surface area contributed by atoms with E-state index in [1.165, 1.54) is 0 Å². The number of nitrogens with zero attached hydrogens (tertiary/aromatic N) is 5. The summed E-state index contributed by atoms with van der Waals surface area (Å²) >= 11 is 3.41. The first kappa shape index (κ1) is 24.2. The fourth-order valence-corrected chi connectivity index (χ4v) is 4.57. The van der Waals surface area contributed by atoms with E-state index in [1.807, 2.05) is 0 Å². The highest BCUT2D eigenvalue weighted by Crippen LogP contribution is 2.37. The zero-order valence-corrected chi connectivity index (χ0v) is 19.5. The number of hydrogen-bond acceptors (Lipinski definition) is 5. The van der Waals surface area contributed by atoms with Gasteiger partial charge in [0.05, 0.1) is 22.5 Å². The van der Waals surface area contributed by atoms with Crippen LogP contribution in [0.15, 0.2) is 29.1 Å². The Bertz CT molecular complexity index is 1210. The minimum absolute atomic E-state index is 0.0666. The van der Waals surface area contributed by atoms with E-state index in [9.17, 15) is 27.5 Å². The number of alkyl halides is 3. The number of anilines is 1. The molecule has 0 aromatic carbocycles. The zero-order chi connectivity index (χ0) is 24.6. The van der Waals surface area contributed by atoms with E-state index in [4.69, 9.17) is 4.74 Å². The highest BCUT2D eigenvalue weighted by atomic mass is 79.9. The lowest BCUT2D eigenvalue weighted by atomic mass is 9.93. The SMILES string of the molecule is CCN(C(=O)O)c1cc2c(cn1)c(Br)nn2[C@H]1CC[C@@H](Oc2nccc(C(F)(F)F)c2F)CC1. The van der Waals surface area contributed by atoms with Crippen molar-refractivity contribution >= 4 is 38.7 Å². The number of amides is 1. The van der Waals surface area contributed by atoms with Gasteiger partial charge in [0.1, 0.15) is 16.5 Å². The van der Waals surface area contributed by atoms with Gasteiger partial charge in [0.15, 0.2) is 5.82 Å². The summed E-state index contributed by atoms with van der Waals surface area (Å²) < 4.78 is 60.9. The molecule has 0 spiro atoms. The molecule has 34 heavy (non-hydrogen) atoms. The third kappa shape index (κ3) is 4.65. The summed E-state index contributed by atoms with van der Waals surface area (Å²) in [6, 6.07) is 2.17. The molecule has 1 fully saturated rings. The van der Waals surface area contributed by atoms with Crippen LogP contribution in [0.2, 0.25) is 0 Å². The number of fused-ring (bicyclic) bond motifs is 1. The Morgan fingerprint density at radius 1 is 1.29 bits per heavy atom. The summed E-state index contributed by atoms with van der Waals surface area (Å²) in [4.78, 5) is 20.5. The number of carbonyl (C=O) groups is 1. The van der Waals surface area contributed by atoms with Crippen LogP contribution in [0.5, 0.6) is 5.88 Å². The van der Waals surface area contributed by atoms with Gasteiger partial charge in [-0.25, -0.2) is 19.2 Å². The lowest BCUT2D eigenvalue weighted by molar-refractivity contribution is -0.140. The molecule has 3 aromatic rings. The molecule has 3 heterocycles. The van der Waals surface area contributed by atoms with Crippen LogP contribution in [0.25, 0.3) is 10.9 Å². The van der Waals surface area contributed by atoms with Gasteiger partial charge in [0, 0.05) is 25.0 Å². The molecular formula is C21H20BrF4N5O3. The smallest absolute Gasteiger partial charge is 0.419 e. The number of aromatic nitrogens is 4. The molecule has 0 atom stereocenters. The molecule has 1 aliphatic rings. The number of rotatable bonds is 5. The van der Waals surface area contributed by atoms with E-state index in [1.54, 1.807) is 23.9 Å². The van der Waals surface area contributed by atoms with Crippen molar-refractivity contribution in [3.05, 3.63) is 40.5 Å². The van der Waals surface area contributed by atoms with Gasteiger partial charge in [-0.05, 0) is 54.6 Å². The summed E-state index contributed by atoms with van der Waals surface area (Å²) in [7, 11) is 0. The van der Waals surface area contributed by atoms with Crippen molar-refractivity contribution in [2.24, 2.45) is 0 Å². The summed E-state index contributed by atoms with van der Waals surface area (Å²) in [5, 5.41) is 14.7.